The molecule has 7 aromatic carbocycles. The number of fused-ring (bicyclic) bond motifs is 6. The zero-order valence-electron chi connectivity index (χ0n) is 26.0. The van der Waals surface area contributed by atoms with E-state index in [4.69, 9.17) is 15.0 Å². The molecule has 0 aliphatic heterocycles. The van der Waals surface area contributed by atoms with Crippen molar-refractivity contribution in [3.05, 3.63) is 170 Å². The predicted octanol–water partition coefficient (Wildman–Crippen LogP) is 11.1. The molecule has 0 radical (unpaired) electrons. The number of hydrogen-bond acceptors (Lipinski definition) is 4. The van der Waals surface area contributed by atoms with Crippen molar-refractivity contribution in [3.63, 3.8) is 0 Å². The summed E-state index contributed by atoms with van der Waals surface area (Å²) in [5.74, 6) is 1.96. The van der Waals surface area contributed by atoms with Gasteiger partial charge in [0.25, 0.3) is 0 Å². The highest BCUT2D eigenvalue weighted by atomic mass is 15.0. The van der Waals surface area contributed by atoms with Gasteiger partial charge in [-0.1, -0.05) is 133 Å². The second-order valence-electron chi connectivity index (χ2n) is 11.9. The Hall–Kier alpha value is -6.52. The van der Waals surface area contributed by atoms with Crippen LogP contribution in [-0.2, 0) is 0 Å². The monoisotopic (exact) mass is 612 g/mol. The molecule has 4 nitrogen and oxygen atoms in total. The van der Waals surface area contributed by atoms with Gasteiger partial charge >= 0.3 is 0 Å². The lowest BCUT2D eigenvalue weighted by atomic mass is 9.90. The summed E-state index contributed by atoms with van der Waals surface area (Å²) in [6.07, 6.45) is 3.69. The van der Waals surface area contributed by atoms with E-state index in [1.807, 2.05) is 73.1 Å². The van der Waals surface area contributed by atoms with Crippen molar-refractivity contribution >= 4 is 32.3 Å². The first kappa shape index (κ1) is 27.8. The number of benzene rings is 7. The molecule has 0 amide bonds. The summed E-state index contributed by atoms with van der Waals surface area (Å²) in [4.78, 5) is 18.8. The molecule has 0 aliphatic rings. The van der Waals surface area contributed by atoms with Crippen LogP contribution >= 0.6 is 0 Å². The lowest BCUT2D eigenvalue weighted by Crippen LogP contribution is -2.00. The summed E-state index contributed by atoms with van der Waals surface area (Å²) in [5.41, 5.74) is 7.52. The highest BCUT2D eigenvalue weighted by Gasteiger charge is 2.14. The van der Waals surface area contributed by atoms with E-state index < -0.39 is 0 Å². The molecule has 0 N–H and O–H groups in total. The Kier molecular flexibility index (Phi) is 6.76. The highest BCUT2D eigenvalue weighted by Crippen LogP contribution is 2.39. The summed E-state index contributed by atoms with van der Waals surface area (Å²) in [7, 11) is 0. The van der Waals surface area contributed by atoms with Crippen molar-refractivity contribution in [1.29, 1.82) is 0 Å². The van der Waals surface area contributed by atoms with Crippen LogP contribution in [0.3, 0.4) is 0 Å². The highest BCUT2D eigenvalue weighted by molar-refractivity contribution is 6.26. The number of rotatable bonds is 5. The van der Waals surface area contributed by atoms with Crippen LogP contribution in [0.1, 0.15) is 0 Å². The van der Waals surface area contributed by atoms with Crippen molar-refractivity contribution < 1.29 is 0 Å². The van der Waals surface area contributed by atoms with Gasteiger partial charge in [-0.15, -0.1) is 0 Å². The Labute approximate surface area is 278 Å². The van der Waals surface area contributed by atoms with E-state index in [0.29, 0.717) is 17.5 Å². The number of nitrogens with zero attached hydrogens (tertiary/aromatic N) is 4. The fraction of sp³-hybridized carbons (Fsp3) is 0. The molecule has 0 fully saturated rings. The predicted molar refractivity (Wildman–Crippen MR) is 197 cm³/mol. The van der Waals surface area contributed by atoms with E-state index in [2.05, 4.69) is 102 Å². The first-order valence-electron chi connectivity index (χ1n) is 16.0. The zero-order valence-corrected chi connectivity index (χ0v) is 26.0. The van der Waals surface area contributed by atoms with Crippen molar-refractivity contribution in [2.45, 2.75) is 0 Å². The molecule has 224 valence electrons. The Morgan fingerprint density at radius 2 is 0.604 bits per heavy atom. The summed E-state index contributed by atoms with van der Waals surface area (Å²) >= 11 is 0. The first-order chi connectivity index (χ1) is 23.8. The molecule has 2 heterocycles. The van der Waals surface area contributed by atoms with Crippen LogP contribution in [0, 0.1) is 0 Å². The van der Waals surface area contributed by atoms with Crippen molar-refractivity contribution in [2.24, 2.45) is 0 Å². The average Bonchev–Trinajstić information content (AvgIpc) is 3.18. The van der Waals surface area contributed by atoms with Crippen LogP contribution < -0.4 is 0 Å². The topological polar surface area (TPSA) is 51.6 Å². The van der Waals surface area contributed by atoms with Gasteiger partial charge in [-0.25, -0.2) is 15.0 Å². The van der Waals surface area contributed by atoms with Gasteiger partial charge in [0, 0.05) is 29.1 Å². The summed E-state index contributed by atoms with van der Waals surface area (Å²) in [6, 6.07) is 55.1. The Bertz CT molecular complexity index is 2500. The smallest absolute Gasteiger partial charge is 0.164 e. The molecular weight excluding hydrogens is 585 g/mol. The Morgan fingerprint density at radius 3 is 1.08 bits per heavy atom. The molecule has 0 saturated carbocycles. The molecule has 2 aromatic heterocycles. The van der Waals surface area contributed by atoms with Gasteiger partial charge < -0.3 is 0 Å². The lowest BCUT2D eigenvalue weighted by Gasteiger charge is -2.14. The molecule has 9 aromatic rings. The SMILES string of the molecule is c1ccc(-c2nc(-c3ccccc3)nc(-c3ccc(-c4ccc5c6ccc(-c7ccncc7)cc6c6ccccc6c5c4)cc3)n2)cc1. The van der Waals surface area contributed by atoms with Crippen molar-refractivity contribution in [2.75, 3.05) is 0 Å². The third-order valence-corrected chi connectivity index (χ3v) is 9.03. The maximum Gasteiger partial charge on any atom is 0.164 e. The second-order valence-corrected chi connectivity index (χ2v) is 11.9. The summed E-state index contributed by atoms with van der Waals surface area (Å²) < 4.78 is 0. The van der Waals surface area contributed by atoms with Crippen LogP contribution in [0.25, 0.3) is 88.7 Å². The minimum atomic E-state index is 0.649. The first-order valence-corrected chi connectivity index (χ1v) is 16.0. The normalized spacial score (nSPS) is 11.3. The molecule has 4 heteroatoms. The quantitative estimate of drug-likeness (QED) is 0.181. The molecule has 0 spiro atoms. The Morgan fingerprint density at radius 1 is 0.250 bits per heavy atom. The van der Waals surface area contributed by atoms with Gasteiger partial charge in [-0.3, -0.25) is 4.98 Å². The van der Waals surface area contributed by atoms with Crippen molar-refractivity contribution in [1.82, 2.24) is 19.9 Å². The van der Waals surface area contributed by atoms with E-state index in [-0.39, 0.29) is 0 Å². The van der Waals surface area contributed by atoms with Crippen molar-refractivity contribution in [3.8, 4) is 56.4 Å². The van der Waals surface area contributed by atoms with Gasteiger partial charge in [0.05, 0.1) is 0 Å². The summed E-state index contributed by atoms with van der Waals surface area (Å²) in [6.45, 7) is 0. The van der Waals surface area contributed by atoms with E-state index in [9.17, 15) is 0 Å². The maximum absolute atomic E-state index is 4.91. The van der Waals surface area contributed by atoms with Gasteiger partial charge in [-0.05, 0) is 78.8 Å². The fourth-order valence-electron chi connectivity index (χ4n) is 6.61. The van der Waals surface area contributed by atoms with Crippen LogP contribution in [-0.4, -0.2) is 19.9 Å². The zero-order chi connectivity index (χ0) is 31.9. The molecule has 0 saturated heterocycles. The van der Waals surface area contributed by atoms with E-state index in [1.165, 1.54) is 43.4 Å². The van der Waals surface area contributed by atoms with E-state index in [1.54, 1.807) is 0 Å². The van der Waals surface area contributed by atoms with Gasteiger partial charge in [0.15, 0.2) is 17.5 Å². The molecule has 0 atom stereocenters. The van der Waals surface area contributed by atoms with Crippen LogP contribution in [0.15, 0.2) is 170 Å². The fourth-order valence-corrected chi connectivity index (χ4v) is 6.61. The van der Waals surface area contributed by atoms with E-state index >= 15 is 0 Å². The molecule has 48 heavy (non-hydrogen) atoms. The second kappa shape index (κ2) is 11.7. The summed E-state index contributed by atoms with van der Waals surface area (Å²) in [5, 5.41) is 7.50. The molecule has 0 unspecified atom stereocenters. The van der Waals surface area contributed by atoms with Crippen LogP contribution in [0.5, 0.6) is 0 Å². The minimum absolute atomic E-state index is 0.649. The molecule has 0 bridgehead atoms. The maximum atomic E-state index is 4.91. The molecule has 0 aliphatic carbocycles. The standard InChI is InChI=1S/C44H28N4/c1-3-9-31(10-4-1)42-46-43(32-11-5-2-6-12-32)48-44(47-42)33-17-15-29(16-18-33)34-19-21-38-39-22-20-35(30-23-25-45-26-24-30)28-41(39)37-14-8-7-13-36(37)40(38)27-34/h1-28H. The number of aromatic nitrogens is 4. The average molecular weight is 613 g/mol. The number of pyridine rings is 1. The molecule has 9 rings (SSSR count). The van der Waals surface area contributed by atoms with E-state index in [0.717, 1.165) is 27.8 Å². The van der Waals surface area contributed by atoms with Crippen LogP contribution in [0.2, 0.25) is 0 Å². The minimum Gasteiger partial charge on any atom is -0.265 e. The number of hydrogen-bond donors (Lipinski definition) is 0. The van der Waals surface area contributed by atoms with Crippen LogP contribution in [0.4, 0.5) is 0 Å². The van der Waals surface area contributed by atoms with Gasteiger partial charge in [0.2, 0.25) is 0 Å². The third kappa shape index (κ3) is 4.97. The van der Waals surface area contributed by atoms with Gasteiger partial charge in [0.1, 0.15) is 0 Å². The largest absolute Gasteiger partial charge is 0.265 e. The lowest BCUT2D eigenvalue weighted by molar-refractivity contribution is 1.07. The Balaban J connectivity index is 1.13. The molecular formula is C44H28N4. The third-order valence-electron chi connectivity index (χ3n) is 9.03. The van der Waals surface area contributed by atoms with Gasteiger partial charge in [-0.2, -0.15) is 0 Å².